The van der Waals surface area contributed by atoms with Crippen molar-refractivity contribution >= 4 is 34.9 Å². The number of benzene rings is 3. The first-order chi connectivity index (χ1) is 17.8. The fourth-order valence-corrected chi connectivity index (χ4v) is 4.62. The van der Waals surface area contributed by atoms with Gasteiger partial charge < -0.3 is 9.94 Å². The summed E-state index contributed by atoms with van der Waals surface area (Å²) in [5.41, 5.74) is 5.06. The fourth-order valence-electron chi connectivity index (χ4n) is 4.20. The molecule has 5 nitrogen and oxygen atoms in total. The summed E-state index contributed by atoms with van der Waals surface area (Å²) in [7, 11) is 1.30. The van der Waals surface area contributed by atoms with Crippen LogP contribution in [-0.2, 0) is 4.74 Å². The molecule has 1 aromatic heterocycles. The monoisotopic (exact) mass is 536 g/mol. The molecule has 0 saturated heterocycles. The standard InChI is InChI=1S/C29H23Cl2FN2O3/c1-17-13-21(11-12-33-17)28(34-36)16-25(23-10-8-22(30)15-27(23)32)19-5-3-18(4-6-19)20-7-9-24(26(31)14-20)29(35)37-2/h3-15,25,36H,16H2,1-2H3/b34-28-. The minimum absolute atomic E-state index is 0.234. The van der Waals surface area contributed by atoms with Crippen molar-refractivity contribution < 1.29 is 19.1 Å². The second-order valence-corrected chi connectivity index (χ2v) is 9.31. The molecule has 8 heteroatoms. The van der Waals surface area contributed by atoms with Crippen molar-refractivity contribution in [3.8, 4) is 11.1 Å². The zero-order chi connectivity index (χ0) is 26.5. The van der Waals surface area contributed by atoms with Gasteiger partial charge >= 0.3 is 5.97 Å². The van der Waals surface area contributed by atoms with E-state index in [4.69, 9.17) is 27.9 Å². The van der Waals surface area contributed by atoms with Gasteiger partial charge in [0, 0.05) is 34.8 Å². The number of pyridine rings is 1. The number of ether oxygens (including phenoxy) is 1. The Morgan fingerprint density at radius 1 is 1.03 bits per heavy atom. The smallest absolute Gasteiger partial charge is 0.339 e. The van der Waals surface area contributed by atoms with E-state index in [0.29, 0.717) is 21.9 Å². The molecule has 0 amide bonds. The summed E-state index contributed by atoms with van der Waals surface area (Å²) in [6.07, 6.45) is 1.87. The van der Waals surface area contributed by atoms with Gasteiger partial charge in [-0.25, -0.2) is 9.18 Å². The van der Waals surface area contributed by atoms with Crippen LogP contribution >= 0.6 is 23.2 Å². The third kappa shape index (κ3) is 5.98. The third-order valence-electron chi connectivity index (χ3n) is 6.11. The fraction of sp³-hybridized carbons (Fsp3) is 0.138. The Morgan fingerprint density at radius 3 is 2.38 bits per heavy atom. The Hall–Kier alpha value is -3.74. The number of hydrogen-bond acceptors (Lipinski definition) is 5. The van der Waals surface area contributed by atoms with Crippen molar-refractivity contribution in [3.05, 3.63) is 123 Å². The van der Waals surface area contributed by atoms with E-state index in [1.54, 1.807) is 42.6 Å². The Balaban J connectivity index is 1.71. The molecular weight excluding hydrogens is 514 g/mol. The maximum absolute atomic E-state index is 15.1. The van der Waals surface area contributed by atoms with E-state index in [1.807, 2.05) is 37.3 Å². The lowest BCUT2D eigenvalue weighted by molar-refractivity contribution is 0.0601. The van der Waals surface area contributed by atoms with E-state index in [1.165, 1.54) is 13.2 Å². The lowest BCUT2D eigenvalue weighted by Gasteiger charge is -2.20. The second kappa shape index (κ2) is 11.5. The van der Waals surface area contributed by atoms with Gasteiger partial charge in [0.2, 0.25) is 0 Å². The molecule has 1 unspecified atom stereocenters. The number of nitrogens with zero attached hydrogens (tertiary/aromatic N) is 2. The number of aromatic nitrogens is 1. The van der Waals surface area contributed by atoms with Crippen LogP contribution in [0.15, 0.2) is 84.1 Å². The highest BCUT2D eigenvalue weighted by Gasteiger charge is 2.22. The van der Waals surface area contributed by atoms with Crippen LogP contribution in [0.5, 0.6) is 0 Å². The van der Waals surface area contributed by atoms with Gasteiger partial charge in [-0.15, -0.1) is 0 Å². The predicted octanol–water partition coefficient (Wildman–Crippen LogP) is 7.69. The van der Waals surface area contributed by atoms with Crippen LogP contribution in [0.25, 0.3) is 11.1 Å². The summed E-state index contributed by atoms with van der Waals surface area (Å²) in [5.74, 6) is -1.42. The van der Waals surface area contributed by atoms with Crippen LogP contribution in [0.2, 0.25) is 10.0 Å². The number of carbonyl (C=O) groups is 1. The number of methoxy groups -OCH3 is 1. The minimum atomic E-state index is -0.509. The zero-order valence-corrected chi connectivity index (χ0v) is 21.6. The molecule has 1 N–H and O–H groups in total. The molecule has 0 aliphatic heterocycles. The van der Waals surface area contributed by atoms with Crippen molar-refractivity contribution in [2.75, 3.05) is 7.11 Å². The summed E-state index contributed by atoms with van der Waals surface area (Å²) >= 11 is 12.3. The SMILES string of the molecule is COC(=O)c1ccc(-c2ccc(C(C/C(=N/O)c3ccnc(C)c3)c3ccc(Cl)cc3F)cc2)cc1Cl. The third-order valence-corrected chi connectivity index (χ3v) is 6.65. The van der Waals surface area contributed by atoms with E-state index in [9.17, 15) is 10.0 Å². The lowest BCUT2D eigenvalue weighted by atomic mass is 9.84. The van der Waals surface area contributed by atoms with Crippen LogP contribution in [-0.4, -0.2) is 29.0 Å². The van der Waals surface area contributed by atoms with E-state index in [-0.39, 0.29) is 17.0 Å². The quantitative estimate of drug-likeness (QED) is 0.114. The molecule has 1 atom stereocenters. The molecule has 3 aromatic carbocycles. The average molecular weight is 537 g/mol. The highest BCUT2D eigenvalue weighted by molar-refractivity contribution is 6.33. The molecule has 1 heterocycles. The van der Waals surface area contributed by atoms with Crippen LogP contribution < -0.4 is 0 Å². The Morgan fingerprint density at radius 2 is 1.76 bits per heavy atom. The Bertz CT molecular complexity index is 1470. The molecular formula is C29H23Cl2FN2O3. The van der Waals surface area contributed by atoms with E-state index in [0.717, 1.165) is 22.4 Å². The maximum atomic E-state index is 15.1. The molecule has 4 aromatic rings. The predicted molar refractivity (Wildman–Crippen MR) is 143 cm³/mol. The van der Waals surface area contributed by atoms with Crippen molar-refractivity contribution in [1.82, 2.24) is 4.98 Å². The highest BCUT2D eigenvalue weighted by Crippen LogP contribution is 2.34. The average Bonchev–Trinajstić information content (AvgIpc) is 2.89. The van der Waals surface area contributed by atoms with Crippen LogP contribution in [0.1, 0.15) is 45.1 Å². The number of aryl methyl sites for hydroxylation is 1. The molecule has 0 spiro atoms. The van der Waals surface area contributed by atoms with Crippen molar-refractivity contribution in [2.45, 2.75) is 19.3 Å². The van der Waals surface area contributed by atoms with Gasteiger partial charge in [0.15, 0.2) is 0 Å². The number of oxime groups is 1. The number of rotatable bonds is 7. The largest absolute Gasteiger partial charge is 0.465 e. The summed E-state index contributed by atoms with van der Waals surface area (Å²) in [5, 5.41) is 13.9. The molecule has 0 aliphatic carbocycles. The summed E-state index contributed by atoms with van der Waals surface area (Å²) in [6.45, 7) is 1.84. The number of carbonyl (C=O) groups excluding carboxylic acids is 1. The van der Waals surface area contributed by atoms with Gasteiger partial charge in [-0.1, -0.05) is 64.8 Å². The molecule has 37 heavy (non-hydrogen) atoms. The minimum Gasteiger partial charge on any atom is -0.465 e. The normalized spacial score (nSPS) is 12.3. The van der Waals surface area contributed by atoms with E-state index in [2.05, 4.69) is 10.1 Å². The highest BCUT2D eigenvalue weighted by atomic mass is 35.5. The number of esters is 1. The van der Waals surface area contributed by atoms with Gasteiger partial charge in [0.05, 0.1) is 23.4 Å². The van der Waals surface area contributed by atoms with Gasteiger partial charge in [-0.3, -0.25) is 4.98 Å². The number of hydrogen-bond donors (Lipinski definition) is 1. The Kier molecular flexibility index (Phi) is 8.21. The summed E-state index contributed by atoms with van der Waals surface area (Å²) in [4.78, 5) is 16.0. The molecule has 0 radical (unpaired) electrons. The molecule has 0 bridgehead atoms. The van der Waals surface area contributed by atoms with Crippen LogP contribution in [0.3, 0.4) is 0 Å². The van der Waals surface area contributed by atoms with Crippen molar-refractivity contribution in [1.29, 1.82) is 0 Å². The molecule has 4 rings (SSSR count). The summed E-state index contributed by atoms with van der Waals surface area (Å²) in [6, 6.07) is 20.8. The lowest BCUT2D eigenvalue weighted by Crippen LogP contribution is -2.12. The van der Waals surface area contributed by atoms with Crippen molar-refractivity contribution in [3.63, 3.8) is 0 Å². The van der Waals surface area contributed by atoms with Gasteiger partial charge in [0.25, 0.3) is 0 Å². The molecule has 0 fully saturated rings. The summed E-state index contributed by atoms with van der Waals surface area (Å²) < 4.78 is 19.8. The van der Waals surface area contributed by atoms with Crippen LogP contribution in [0.4, 0.5) is 4.39 Å². The van der Waals surface area contributed by atoms with Crippen LogP contribution in [0, 0.1) is 12.7 Å². The first-order valence-corrected chi connectivity index (χ1v) is 12.1. The molecule has 0 aliphatic rings. The van der Waals surface area contributed by atoms with Gasteiger partial charge in [-0.05, 0) is 65.6 Å². The number of halogens is 3. The van der Waals surface area contributed by atoms with E-state index >= 15 is 4.39 Å². The zero-order valence-electron chi connectivity index (χ0n) is 20.1. The first kappa shape index (κ1) is 26.3. The maximum Gasteiger partial charge on any atom is 0.339 e. The molecule has 0 saturated carbocycles. The second-order valence-electron chi connectivity index (χ2n) is 8.46. The van der Waals surface area contributed by atoms with Crippen molar-refractivity contribution in [2.24, 2.45) is 5.16 Å². The topological polar surface area (TPSA) is 71.8 Å². The van der Waals surface area contributed by atoms with Gasteiger partial charge in [-0.2, -0.15) is 0 Å². The van der Waals surface area contributed by atoms with Gasteiger partial charge in [0.1, 0.15) is 5.82 Å². The first-order valence-electron chi connectivity index (χ1n) is 11.4. The molecule has 188 valence electrons. The van der Waals surface area contributed by atoms with E-state index < -0.39 is 17.7 Å². The Labute approximate surface area is 224 Å².